The number of anilines is 1. The van der Waals surface area contributed by atoms with Crippen molar-refractivity contribution in [3.05, 3.63) is 46.7 Å². The van der Waals surface area contributed by atoms with Crippen LogP contribution < -0.4 is 5.32 Å². The second-order valence-corrected chi connectivity index (χ2v) is 9.40. The molecule has 0 bridgehead atoms. The van der Waals surface area contributed by atoms with Crippen molar-refractivity contribution in [1.29, 1.82) is 0 Å². The van der Waals surface area contributed by atoms with Gasteiger partial charge in [-0.2, -0.15) is 5.10 Å². The Morgan fingerprint density at radius 1 is 1.32 bits per heavy atom. The van der Waals surface area contributed by atoms with Gasteiger partial charge in [-0.25, -0.2) is 12.8 Å². The summed E-state index contributed by atoms with van der Waals surface area (Å²) in [5.41, 5.74) is 2.36. The number of aromatic nitrogens is 2. The molecule has 0 radical (unpaired) electrons. The summed E-state index contributed by atoms with van der Waals surface area (Å²) in [7, 11) is -3.05. The Balaban J connectivity index is 1.66. The van der Waals surface area contributed by atoms with Crippen LogP contribution in [0.5, 0.6) is 0 Å². The molecule has 9 heteroatoms. The van der Waals surface area contributed by atoms with Gasteiger partial charge in [0.2, 0.25) is 0 Å². The number of furan rings is 1. The maximum Gasteiger partial charge on any atom is 0.291 e. The number of aryl methyl sites for hydroxylation is 2. The quantitative estimate of drug-likeness (QED) is 0.721. The number of fused-ring (bicyclic) bond motifs is 1. The number of rotatable bonds is 3. The van der Waals surface area contributed by atoms with E-state index >= 15 is 0 Å². The van der Waals surface area contributed by atoms with Gasteiger partial charge in [-0.15, -0.1) is 0 Å². The summed E-state index contributed by atoms with van der Waals surface area (Å²) in [4.78, 5) is 12.8. The number of carbonyl (C=O) groups excluding carboxylic acids is 1. The first-order chi connectivity index (χ1) is 13.2. The van der Waals surface area contributed by atoms with Crippen molar-refractivity contribution in [2.24, 2.45) is 0 Å². The van der Waals surface area contributed by atoms with Crippen LogP contribution in [0.25, 0.3) is 11.0 Å². The van der Waals surface area contributed by atoms with Gasteiger partial charge < -0.3 is 9.73 Å². The zero-order chi connectivity index (χ0) is 20.2. The fourth-order valence-corrected chi connectivity index (χ4v) is 5.46. The van der Waals surface area contributed by atoms with Gasteiger partial charge in [-0.3, -0.25) is 9.48 Å². The number of hydrogen-bond donors (Lipinski definition) is 1. The summed E-state index contributed by atoms with van der Waals surface area (Å²) < 4.78 is 44.7. The minimum atomic E-state index is -3.05. The topological polar surface area (TPSA) is 94.2 Å². The predicted molar refractivity (Wildman–Crippen MR) is 103 cm³/mol. The van der Waals surface area contributed by atoms with Gasteiger partial charge in [0.25, 0.3) is 5.91 Å². The van der Waals surface area contributed by atoms with E-state index in [1.165, 1.54) is 6.07 Å². The number of hydrogen-bond acceptors (Lipinski definition) is 5. The minimum Gasteiger partial charge on any atom is -0.448 e. The van der Waals surface area contributed by atoms with Gasteiger partial charge in [-0.05, 0) is 33.3 Å². The molecule has 3 aromatic rings. The maximum atomic E-state index is 13.9. The van der Waals surface area contributed by atoms with E-state index < -0.39 is 21.6 Å². The lowest BCUT2D eigenvalue weighted by molar-refractivity contribution is 0.0997. The minimum absolute atomic E-state index is 0.0371. The molecule has 1 amide bonds. The molecular formula is C19H20FN3O4S. The Morgan fingerprint density at radius 3 is 2.71 bits per heavy atom. The maximum absolute atomic E-state index is 13.9. The Morgan fingerprint density at radius 2 is 2.07 bits per heavy atom. The molecule has 1 aliphatic heterocycles. The lowest BCUT2D eigenvalue weighted by Gasteiger charge is -2.11. The van der Waals surface area contributed by atoms with Crippen LogP contribution in [-0.4, -0.2) is 35.6 Å². The van der Waals surface area contributed by atoms with E-state index in [9.17, 15) is 17.6 Å². The van der Waals surface area contributed by atoms with E-state index in [0.29, 0.717) is 34.4 Å². The first kappa shape index (κ1) is 18.7. The van der Waals surface area contributed by atoms with Crippen LogP contribution in [0.3, 0.4) is 0 Å². The fraction of sp³-hybridized carbons (Fsp3) is 0.368. The van der Waals surface area contributed by atoms with E-state index in [4.69, 9.17) is 4.42 Å². The first-order valence-electron chi connectivity index (χ1n) is 8.93. The average molecular weight is 405 g/mol. The number of sulfone groups is 1. The van der Waals surface area contributed by atoms with E-state index in [0.717, 1.165) is 0 Å². The largest absolute Gasteiger partial charge is 0.448 e. The molecule has 3 heterocycles. The second kappa shape index (κ2) is 6.44. The predicted octanol–water partition coefficient (Wildman–Crippen LogP) is 3.31. The van der Waals surface area contributed by atoms with Crippen LogP contribution in [0.4, 0.5) is 10.1 Å². The fourth-order valence-electron chi connectivity index (χ4n) is 3.76. The summed E-state index contributed by atoms with van der Waals surface area (Å²) in [5, 5.41) is 7.77. The highest BCUT2D eigenvalue weighted by Crippen LogP contribution is 2.31. The number of amides is 1. The third-order valence-corrected chi connectivity index (χ3v) is 6.99. The highest BCUT2D eigenvalue weighted by Gasteiger charge is 2.32. The summed E-state index contributed by atoms with van der Waals surface area (Å²) in [6.07, 6.45) is 0.500. The molecule has 1 N–H and O–H groups in total. The highest BCUT2D eigenvalue weighted by molar-refractivity contribution is 7.91. The van der Waals surface area contributed by atoms with E-state index in [-0.39, 0.29) is 28.9 Å². The van der Waals surface area contributed by atoms with Crippen molar-refractivity contribution in [3.63, 3.8) is 0 Å². The smallest absolute Gasteiger partial charge is 0.291 e. The molecule has 2 aromatic heterocycles. The average Bonchev–Trinajstić information content (AvgIpc) is 3.25. The van der Waals surface area contributed by atoms with Crippen molar-refractivity contribution in [3.8, 4) is 0 Å². The van der Waals surface area contributed by atoms with Crippen LogP contribution in [0.2, 0.25) is 0 Å². The normalized spacial score (nSPS) is 18.6. The van der Waals surface area contributed by atoms with Gasteiger partial charge in [0, 0.05) is 10.9 Å². The molecule has 1 atom stereocenters. The Kier molecular flexibility index (Phi) is 4.29. The Labute approximate surface area is 161 Å². The van der Waals surface area contributed by atoms with E-state index in [2.05, 4.69) is 10.4 Å². The van der Waals surface area contributed by atoms with Crippen molar-refractivity contribution < 1.29 is 22.0 Å². The van der Waals surface area contributed by atoms with E-state index in [1.807, 2.05) is 0 Å². The Hall–Kier alpha value is -2.68. The molecule has 0 aliphatic carbocycles. The second-order valence-electron chi connectivity index (χ2n) is 7.17. The van der Waals surface area contributed by atoms with Crippen LogP contribution in [-0.2, 0) is 9.84 Å². The highest BCUT2D eigenvalue weighted by atomic mass is 32.2. The van der Waals surface area contributed by atoms with E-state index in [1.54, 1.807) is 37.6 Å². The van der Waals surface area contributed by atoms with Crippen molar-refractivity contribution in [1.82, 2.24) is 9.78 Å². The zero-order valence-corrected chi connectivity index (χ0v) is 16.6. The van der Waals surface area contributed by atoms with Crippen molar-refractivity contribution in [2.75, 3.05) is 16.8 Å². The molecule has 0 saturated carbocycles. The van der Waals surface area contributed by atoms with Gasteiger partial charge in [0.05, 0.1) is 34.6 Å². The molecule has 7 nitrogen and oxygen atoms in total. The number of para-hydroxylation sites is 1. The van der Waals surface area contributed by atoms with Gasteiger partial charge >= 0.3 is 0 Å². The summed E-state index contributed by atoms with van der Waals surface area (Å²) in [6.45, 7) is 5.23. The monoisotopic (exact) mass is 405 g/mol. The number of benzene rings is 1. The molecule has 1 saturated heterocycles. The molecular weight excluding hydrogens is 385 g/mol. The number of nitrogens with zero attached hydrogens (tertiary/aromatic N) is 2. The lowest BCUT2D eigenvalue weighted by Crippen LogP contribution is -2.15. The summed E-state index contributed by atoms with van der Waals surface area (Å²) >= 11 is 0. The van der Waals surface area contributed by atoms with Gasteiger partial charge in [0.15, 0.2) is 27.0 Å². The molecule has 1 aromatic carbocycles. The summed E-state index contributed by atoms with van der Waals surface area (Å²) in [6, 6.07) is 4.30. The SMILES string of the molecule is Cc1nn(C2CCS(=O)(=O)C2)c(C)c1NC(=O)c1oc2c(F)cccc2c1C. The molecule has 1 unspecified atom stereocenters. The number of halogens is 1. The standard InChI is InChI=1S/C19H20FN3O4S/c1-10-14-5-4-6-15(20)18(14)27-17(10)19(24)21-16-11(2)22-23(12(16)3)13-7-8-28(25,26)9-13/h4-6,13H,7-9H2,1-3H3,(H,21,24). The molecule has 148 valence electrons. The van der Waals surface area contributed by atoms with Crippen LogP contribution >= 0.6 is 0 Å². The zero-order valence-electron chi connectivity index (χ0n) is 15.7. The summed E-state index contributed by atoms with van der Waals surface area (Å²) in [5.74, 6) is -0.804. The van der Waals surface area contributed by atoms with Gasteiger partial charge in [-0.1, -0.05) is 12.1 Å². The van der Waals surface area contributed by atoms with Crippen molar-refractivity contribution >= 4 is 32.4 Å². The van der Waals surface area contributed by atoms with Crippen LogP contribution in [0.1, 0.15) is 40.0 Å². The number of carbonyl (C=O) groups is 1. The van der Waals surface area contributed by atoms with Crippen LogP contribution in [0, 0.1) is 26.6 Å². The molecule has 0 spiro atoms. The molecule has 4 rings (SSSR count). The van der Waals surface area contributed by atoms with Crippen LogP contribution in [0.15, 0.2) is 22.6 Å². The van der Waals surface area contributed by atoms with Crippen molar-refractivity contribution in [2.45, 2.75) is 33.2 Å². The Bertz CT molecular complexity index is 1210. The molecule has 28 heavy (non-hydrogen) atoms. The number of nitrogens with one attached hydrogen (secondary N) is 1. The molecule has 1 fully saturated rings. The molecule has 1 aliphatic rings. The van der Waals surface area contributed by atoms with Gasteiger partial charge in [0.1, 0.15) is 0 Å². The lowest BCUT2D eigenvalue weighted by atomic mass is 10.1. The third-order valence-electron chi connectivity index (χ3n) is 5.24. The first-order valence-corrected chi connectivity index (χ1v) is 10.7. The third kappa shape index (κ3) is 2.99.